The summed E-state index contributed by atoms with van der Waals surface area (Å²) in [6.07, 6.45) is 6.93. The van der Waals surface area contributed by atoms with Crippen molar-refractivity contribution < 1.29 is 9.32 Å². The highest BCUT2D eigenvalue weighted by Gasteiger charge is 2.48. The van der Waals surface area contributed by atoms with Crippen molar-refractivity contribution in [3.63, 3.8) is 0 Å². The molecule has 2 heterocycles. The molecule has 0 saturated carbocycles. The number of rotatable bonds is 4. The minimum Gasteiger partial charge on any atom is -0.385 e. The van der Waals surface area contributed by atoms with Crippen molar-refractivity contribution in [2.75, 3.05) is 0 Å². The van der Waals surface area contributed by atoms with Gasteiger partial charge in [-0.2, -0.15) is 0 Å². The lowest BCUT2D eigenvalue weighted by atomic mass is 9.85. The number of unbranched alkanes of at least 4 members (excludes halogenated alkanes) is 1. The summed E-state index contributed by atoms with van der Waals surface area (Å²) in [6.45, 7) is 2.20. The fourth-order valence-electron chi connectivity index (χ4n) is 3.68. The molecule has 2 atom stereocenters. The standard InChI is InChI=1S/C17H24O2S/c1-2-3-4-13-5-7-14(8-6-13)17(18)11-15-9-10-16(12-17)20(15)19/h5-8,15-16,18H,2-4,9-12H2,1H3. The molecule has 2 saturated heterocycles. The van der Waals surface area contributed by atoms with Crippen LogP contribution in [0.1, 0.15) is 56.6 Å². The molecule has 0 radical (unpaired) electrons. The van der Waals surface area contributed by atoms with Crippen molar-refractivity contribution in [3.8, 4) is 0 Å². The molecule has 20 heavy (non-hydrogen) atoms. The Morgan fingerprint density at radius 3 is 2.35 bits per heavy atom. The van der Waals surface area contributed by atoms with Crippen molar-refractivity contribution in [1.29, 1.82) is 0 Å². The lowest BCUT2D eigenvalue weighted by Gasteiger charge is -2.36. The number of fused-ring (bicyclic) bond motifs is 2. The highest BCUT2D eigenvalue weighted by molar-refractivity contribution is 7.86. The second-order valence-electron chi connectivity index (χ2n) is 6.39. The second kappa shape index (κ2) is 5.61. The lowest BCUT2D eigenvalue weighted by Crippen LogP contribution is -2.40. The fraction of sp³-hybridized carbons (Fsp3) is 0.647. The molecule has 1 aromatic rings. The van der Waals surface area contributed by atoms with E-state index in [0.717, 1.165) is 24.8 Å². The summed E-state index contributed by atoms with van der Waals surface area (Å²) in [6, 6.07) is 8.46. The van der Waals surface area contributed by atoms with E-state index in [-0.39, 0.29) is 10.5 Å². The first-order chi connectivity index (χ1) is 9.62. The largest absolute Gasteiger partial charge is 0.385 e. The summed E-state index contributed by atoms with van der Waals surface area (Å²) in [4.78, 5) is 0. The highest BCUT2D eigenvalue weighted by atomic mass is 32.2. The molecule has 2 bridgehead atoms. The van der Waals surface area contributed by atoms with Gasteiger partial charge in [-0.3, -0.25) is 4.21 Å². The van der Waals surface area contributed by atoms with Crippen LogP contribution in [0.2, 0.25) is 0 Å². The van der Waals surface area contributed by atoms with Crippen LogP contribution in [0.25, 0.3) is 0 Å². The Kier molecular flexibility index (Phi) is 4.00. The minimum absolute atomic E-state index is 0.207. The Morgan fingerprint density at radius 2 is 1.80 bits per heavy atom. The molecule has 2 aliphatic rings. The first-order valence-electron chi connectivity index (χ1n) is 7.83. The SMILES string of the molecule is CCCCc1ccc(C2(O)CC3CCC(C2)S3=O)cc1. The molecule has 2 fully saturated rings. The molecular formula is C17H24O2S. The zero-order valence-electron chi connectivity index (χ0n) is 12.2. The molecule has 0 amide bonds. The summed E-state index contributed by atoms with van der Waals surface area (Å²) in [5.74, 6) is 0. The van der Waals surface area contributed by atoms with Crippen molar-refractivity contribution in [2.24, 2.45) is 0 Å². The minimum atomic E-state index is -0.747. The molecule has 0 spiro atoms. The van der Waals surface area contributed by atoms with E-state index in [1.165, 1.54) is 18.4 Å². The molecule has 1 N–H and O–H groups in total. The summed E-state index contributed by atoms with van der Waals surface area (Å²) >= 11 is 0. The zero-order valence-corrected chi connectivity index (χ0v) is 13.0. The van der Waals surface area contributed by atoms with Gasteiger partial charge in [0.2, 0.25) is 0 Å². The van der Waals surface area contributed by atoms with Crippen LogP contribution in [-0.4, -0.2) is 19.8 Å². The van der Waals surface area contributed by atoms with Crippen molar-refractivity contribution in [1.82, 2.24) is 0 Å². The Bertz CT molecular complexity index is 478. The molecule has 1 aromatic carbocycles. The quantitative estimate of drug-likeness (QED) is 0.924. The molecule has 3 rings (SSSR count). The Labute approximate surface area is 124 Å². The third-order valence-corrected chi connectivity index (χ3v) is 7.03. The van der Waals surface area contributed by atoms with Gasteiger partial charge in [0.1, 0.15) is 0 Å². The van der Waals surface area contributed by atoms with Crippen LogP contribution in [0.4, 0.5) is 0 Å². The Balaban J connectivity index is 1.77. The third-order valence-electron chi connectivity index (χ3n) is 4.91. The van der Waals surface area contributed by atoms with Gasteiger partial charge in [0.05, 0.1) is 5.60 Å². The smallest absolute Gasteiger partial charge is 0.0919 e. The molecule has 0 aliphatic carbocycles. The summed E-state index contributed by atoms with van der Waals surface area (Å²) in [5.41, 5.74) is 1.62. The van der Waals surface area contributed by atoms with Gasteiger partial charge in [-0.1, -0.05) is 37.6 Å². The molecule has 2 nitrogen and oxygen atoms in total. The zero-order chi connectivity index (χ0) is 14.2. The van der Waals surface area contributed by atoms with Crippen LogP contribution in [0.5, 0.6) is 0 Å². The number of hydrogen-bond acceptors (Lipinski definition) is 2. The fourth-order valence-corrected chi connectivity index (χ4v) is 5.84. The van der Waals surface area contributed by atoms with Gasteiger partial charge in [-0.15, -0.1) is 0 Å². The van der Waals surface area contributed by atoms with Crippen LogP contribution in [0.3, 0.4) is 0 Å². The number of benzene rings is 1. The summed E-state index contributed by atoms with van der Waals surface area (Å²) in [5, 5.41) is 11.4. The Morgan fingerprint density at radius 1 is 1.20 bits per heavy atom. The topological polar surface area (TPSA) is 37.3 Å². The van der Waals surface area contributed by atoms with E-state index in [9.17, 15) is 9.32 Å². The van der Waals surface area contributed by atoms with Gasteiger partial charge in [0.15, 0.2) is 0 Å². The number of aryl methyl sites for hydroxylation is 1. The van der Waals surface area contributed by atoms with Crippen LogP contribution >= 0.6 is 0 Å². The predicted octanol–water partition coefficient (Wildman–Crippen LogP) is 3.29. The maximum atomic E-state index is 12.1. The summed E-state index contributed by atoms with van der Waals surface area (Å²) < 4.78 is 12.1. The van der Waals surface area contributed by atoms with E-state index < -0.39 is 16.4 Å². The number of aliphatic hydroxyl groups is 1. The van der Waals surface area contributed by atoms with Crippen LogP contribution in [-0.2, 0) is 22.8 Å². The lowest BCUT2D eigenvalue weighted by molar-refractivity contribution is 0.0184. The second-order valence-corrected chi connectivity index (χ2v) is 8.38. The molecule has 110 valence electrons. The molecular weight excluding hydrogens is 268 g/mol. The highest BCUT2D eigenvalue weighted by Crippen LogP contribution is 2.45. The van der Waals surface area contributed by atoms with Gasteiger partial charge in [0.25, 0.3) is 0 Å². The van der Waals surface area contributed by atoms with Gasteiger partial charge >= 0.3 is 0 Å². The van der Waals surface area contributed by atoms with Crippen LogP contribution in [0, 0.1) is 0 Å². The maximum Gasteiger partial charge on any atom is 0.0919 e. The average Bonchev–Trinajstić information content (AvgIpc) is 2.69. The van der Waals surface area contributed by atoms with Gasteiger partial charge in [-0.05, 0) is 49.7 Å². The van der Waals surface area contributed by atoms with Gasteiger partial charge in [0, 0.05) is 21.3 Å². The van der Waals surface area contributed by atoms with Crippen molar-refractivity contribution in [2.45, 2.75) is 68.0 Å². The number of hydrogen-bond donors (Lipinski definition) is 1. The van der Waals surface area contributed by atoms with Gasteiger partial charge < -0.3 is 5.11 Å². The first kappa shape index (κ1) is 14.3. The predicted molar refractivity (Wildman–Crippen MR) is 83.1 cm³/mol. The third kappa shape index (κ3) is 2.58. The van der Waals surface area contributed by atoms with E-state index in [1.807, 2.05) is 0 Å². The van der Waals surface area contributed by atoms with Crippen LogP contribution < -0.4 is 0 Å². The van der Waals surface area contributed by atoms with Gasteiger partial charge in [-0.25, -0.2) is 0 Å². The van der Waals surface area contributed by atoms with E-state index in [0.29, 0.717) is 12.8 Å². The van der Waals surface area contributed by atoms with Crippen molar-refractivity contribution in [3.05, 3.63) is 35.4 Å². The maximum absolute atomic E-state index is 12.1. The molecule has 3 heteroatoms. The molecule has 2 unspecified atom stereocenters. The van der Waals surface area contributed by atoms with E-state index >= 15 is 0 Å². The molecule has 0 aromatic heterocycles. The Hall–Kier alpha value is -0.670. The first-order valence-corrected chi connectivity index (χ1v) is 9.11. The van der Waals surface area contributed by atoms with E-state index in [1.54, 1.807) is 0 Å². The normalized spacial score (nSPS) is 36.2. The molecule has 2 aliphatic heterocycles. The van der Waals surface area contributed by atoms with Crippen LogP contribution in [0.15, 0.2) is 24.3 Å². The monoisotopic (exact) mass is 292 g/mol. The van der Waals surface area contributed by atoms with E-state index in [4.69, 9.17) is 0 Å². The van der Waals surface area contributed by atoms with Crippen molar-refractivity contribution >= 4 is 10.8 Å². The summed E-state index contributed by atoms with van der Waals surface area (Å²) in [7, 11) is -0.708. The van der Waals surface area contributed by atoms with E-state index in [2.05, 4.69) is 31.2 Å². The average molecular weight is 292 g/mol.